The minimum absolute atomic E-state index is 0.307. The number of rotatable bonds is 4. The van der Waals surface area contributed by atoms with Crippen LogP contribution >= 0.6 is 11.6 Å². The Hall–Kier alpha value is -3.29. The van der Waals surface area contributed by atoms with E-state index in [9.17, 15) is 9.00 Å². The molecule has 4 aromatic rings. The number of nitrogens with zero attached hydrogens (tertiary/aromatic N) is 3. The second-order valence-corrected chi connectivity index (χ2v) is 9.34. The maximum atomic E-state index is 12.9. The molecule has 1 N–H and O–H groups in total. The molecule has 2 aromatic heterocycles. The zero-order valence-electron chi connectivity index (χ0n) is 17.0. The summed E-state index contributed by atoms with van der Waals surface area (Å²) in [6.45, 7) is 0.723. The highest BCUT2D eigenvalue weighted by Crippen LogP contribution is 2.28. The maximum Gasteiger partial charge on any atom is 0.257 e. The summed E-state index contributed by atoms with van der Waals surface area (Å²) in [5.41, 5.74) is 4.33. The van der Waals surface area contributed by atoms with Crippen molar-refractivity contribution in [2.24, 2.45) is 0 Å². The summed E-state index contributed by atoms with van der Waals surface area (Å²) in [5, 5.41) is 4.20. The van der Waals surface area contributed by atoms with Crippen LogP contribution < -0.4 is 9.62 Å². The van der Waals surface area contributed by atoms with Crippen LogP contribution in [0.4, 0.5) is 11.4 Å². The zero-order valence-corrected chi connectivity index (χ0v) is 18.6. The van der Waals surface area contributed by atoms with E-state index in [4.69, 9.17) is 11.6 Å². The molecule has 0 radical (unpaired) electrons. The van der Waals surface area contributed by atoms with Crippen molar-refractivity contribution in [2.45, 2.75) is 6.42 Å². The second kappa shape index (κ2) is 8.68. The quantitative estimate of drug-likeness (QED) is 0.459. The van der Waals surface area contributed by atoms with E-state index in [2.05, 4.69) is 15.3 Å². The van der Waals surface area contributed by atoms with Gasteiger partial charge >= 0.3 is 0 Å². The lowest BCUT2D eigenvalue weighted by Gasteiger charge is -2.17. The molecule has 160 valence electrons. The topological polar surface area (TPSA) is 75.2 Å². The molecule has 32 heavy (non-hydrogen) atoms. The number of pyridine rings is 2. The molecule has 1 unspecified atom stereocenters. The summed E-state index contributed by atoms with van der Waals surface area (Å²) < 4.78 is 13.9. The highest BCUT2D eigenvalue weighted by Gasteiger charge is 2.22. The summed E-state index contributed by atoms with van der Waals surface area (Å²) in [4.78, 5) is 21.7. The van der Waals surface area contributed by atoms with E-state index in [0.29, 0.717) is 22.0 Å². The van der Waals surface area contributed by atoms with Crippen LogP contribution in [0.15, 0.2) is 73.1 Å². The Morgan fingerprint density at radius 3 is 2.81 bits per heavy atom. The summed E-state index contributed by atoms with van der Waals surface area (Å²) in [6.07, 6.45) is 4.37. The minimum Gasteiger partial charge on any atom is -0.322 e. The Morgan fingerprint density at radius 2 is 2.00 bits per heavy atom. The van der Waals surface area contributed by atoms with Crippen LogP contribution in [-0.4, -0.2) is 32.4 Å². The number of nitrogens with one attached hydrogen (secondary N) is 1. The molecular weight excluding hydrogens is 444 g/mol. The number of amides is 1. The summed E-state index contributed by atoms with van der Waals surface area (Å²) in [5.74, 6) is 0.345. The molecule has 0 aliphatic carbocycles. The van der Waals surface area contributed by atoms with Gasteiger partial charge in [-0.15, -0.1) is 0 Å². The molecule has 0 spiro atoms. The predicted molar refractivity (Wildman–Crippen MR) is 129 cm³/mol. The number of halogens is 1. The first kappa shape index (κ1) is 20.6. The molecular formula is C24H19ClN4O2S. The van der Waals surface area contributed by atoms with Crippen LogP contribution in [0, 0.1) is 0 Å². The third-order valence-corrected chi connectivity index (χ3v) is 7.15. The molecule has 6 nitrogen and oxygen atoms in total. The third-order valence-electron chi connectivity index (χ3n) is 5.32. The molecule has 1 atom stereocenters. The van der Waals surface area contributed by atoms with Gasteiger partial charge in [0.25, 0.3) is 5.91 Å². The molecule has 1 aliphatic rings. The second-order valence-electron chi connectivity index (χ2n) is 7.45. The molecule has 8 heteroatoms. The Kier molecular flexibility index (Phi) is 5.59. The number of carbonyl (C=O) groups excluding carboxylic acids is 1. The first-order valence-corrected chi connectivity index (χ1v) is 11.8. The maximum absolute atomic E-state index is 12.9. The Bertz CT molecular complexity index is 1360. The number of hydrogen-bond donors (Lipinski definition) is 1. The van der Waals surface area contributed by atoms with Gasteiger partial charge < -0.3 is 5.32 Å². The van der Waals surface area contributed by atoms with Crippen molar-refractivity contribution in [3.63, 3.8) is 0 Å². The molecule has 3 heterocycles. The zero-order chi connectivity index (χ0) is 22.1. The first-order chi connectivity index (χ1) is 15.6. The summed E-state index contributed by atoms with van der Waals surface area (Å²) in [6, 6.07) is 18.5. The number of aromatic nitrogens is 2. The Morgan fingerprint density at radius 1 is 1.09 bits per heavy atom. The van der Waals surface area contributed by atoms with E-state index < -0.39 is 11.0 Å². The van der Waals surface area contributed by atoms with Crippen LogP contribution in [0.1, 0.15) is 16.8 Å². The fraction of sp³-hybridized carbons (Fsp3) is 0.125. The van der Waals surface area contributed by atoms with E-state index in [-0.39, 0.29) is 5.91 Å². The van der Waals surface area contributed by atoms with Crippen molar-refractivity contribution in [3.8, 4) is 11.3 Å². The highest BCUT2D eigenvalue weighted by molar-refractivity contribution is 7.86. The number of carbonyl (C=O) groups is 1. The van der Waals surface area contributed by atoms with Crippen LogP contribution in [0.3, 0.4) is 0 Å². The van der Waals surface area contributed by atoms with Gasteiger partial charge in [0.1, 0.15) is 11.0 Å². The molecule has 1 amide bonds. The average Bonchev–Trinajstić information content (AvgIpc) is 3.24. The van der Waals surface area contributed by atoms with Gasteiger partial charge in [-0.05, 0) is 55.0 Å². The highest BCUT2D eigenvalue weighted by atomic mass is 35.5. The predicted octanol–water partition coefficient (Wildman–Crippen LogP) is 5.08. The van der Waals surface area contributed by atoms with Crippen molar-refractivity contribution >= 4 is 50.8 Å². The summed E-state index contributed by atoms with van der Waals surface area (Å²) in [7, 11) is -1.03. The molecule has 0 bridgehead atoms. The third kappa shape index (κ3) is 4.09. The number of anilines is 2. The smallest absolute Gasteiger partial charge is 0.257 e. The largest absolute Gasteiger partial charge is 0.322 e. The molecule has 1 fully saturated rings. The SMILES string of the molecule is O=C(Nc1cccc(-c2ccc3cnccc3n2)c1)c1ccc(N2CCCS2=O)cc1Cl. The van der Waals surface area contributed by atoms with Crippen molar-refractivity contribution in [2.75, 3.05) is 21.9 Å². The molecule has 0 saturated carbocycles. The number of fused-ring (bicyclic) bond motifs is 1. The number of hydrogen-bond acceptors (Lipinski definition) is 4. The van der Waals surface area contributed by atoms with E-state index in [1.165, 1.54) is 0 Å². The van der Waals surface area contributed by atoms with Gasteiger partial charge in [-0.2, -0.15) is 0 Å². The van der Waals surface area contributed by atoms with E-state index in [1.807, 2.05) is 46.8 Å². The van der Waals surface area contributed by atoms with Crippen molar-refractivity contribution < 1.29 is 9.00 Å². The van der Waals surface area contributed by atoms with Crippen molar-refractivity contribution in [3.05, 3.63) is 83.6 Å². The lowest BCUT2D eigenvalue weighted by molar-refractivity contribution is 0.102. The van der Waals surface area contributed by atoms with Gasteiger partial charge in [0.15, 0.2) is 0 Å². The molecule has 5 rings (SSSR count). The molecule has 1 saturated heterocycles. The van der Waals surface area contributed by atoms with Crippen LogP contribution in [0.5, 0.6) is 0 Å². The van der Waals surface area contributed by atoms with Gasteiger partial charge in [0.2, 0.25) is 0 Å². The first-order valence-electron chi connectivity index (χ1n) is 10.2. The van der Waals surface area contributed by atoms with Crippen LogP contribution in [0.2, 0.25) is 5.02 Å². The van der Waals surface area contributed by atoms with Crippen LogP contribution in [0.25, 0.3) is 22.2 Å². The average molecular weight is 463 g/mol. The van der Waals surface area contributed by atoms with Gasteiger partial charge in [-0.1, -0.05) is 23.7 Å². The van der Waals surface area contributed by atoms with Gasteiger partial charge in [-0.3, -0.25) is 14.1 Å². The summed E-state index contributed by atoms with van der Waals surface area (Å²) >= 11 is 6.40. The normalized spacial score (nSPS) is 15.8. The minimum atomic E-state index is -1.03. The van der Waals surface area contributed by atoms with E-state index in [1.54, 1.807) is 30.6 Å². The van der Waals surface area contributed by atoms with Crippen LogP contribution in [-0.2, 0) is 11.0 Å². The van der Waals surface area contributed by atoms with Crippen molar-refractivity contribution in [1.82, 2.24) is 9.97 Å². The lowest BCUT2D eigenvalue weighted by Crippen LogP contribution is -2.20. The fourth-order valence-corrected chi connectivity index (χ4v) is 5.25. The van der Waals surface area contributed by atoms with Gasteiger partial charge in [0, 0.05) is 41.3 Å². The van der Waals surface area contributed by atoms with E-state index >= 15 is 0 Å². The van der Waals surface area contributed by atoms with Gasteiger partial charge in [-0.25, -0.2) is 9.19 Å². The molecule has 1 aliphatic heterocycles. The Balaban J connectivity index is 1.37. The fourth-order valence-electron chi connectivity index (χ4n) is 3.71. The molecule has 2 aromatic carbocycles. The lowest BCUT2D eigenvalue weighted by atomic mass is 10.1. The standard InChI is InChI=1S/C24H19ClN4O2S/c25-21-14-19(29-11-2-12-32(29)31)6-7-20(21)24(30)27-18-4-1-3-16(13-18)22-8-5-17-15-26-10-9-23(17)28-22/h1,3-10,13-15H,2,11-12H2,(H,27,30). The Labute approximate surface area is 192 Å². The number of benzene rings is 2. The van der Waals surface area contributed by atoms with E-state index in [0.717, 1.165) is 40.8 Å². The van der Waals surface area contributed by atoms with Gasteiger partial charge in [0.05, 0.1) is 27.5 Å². The monoisotopic (exact) mass is 462 g/mol. The van der Waals surface area contributed by atoms with Crippen molar-refractivity contribution in [1.29, 1.82) is 0 Å².